The molecular formula is C17H19N3O5S. The molecule has 1 aromatic carbocycles. The number of methoxy groups -OCH3 is 3. The zero-order valence-electron chi connectivity index (χ0n) is 14.8. The highest BCUT2D eigenvalue weighted by Crippen LogP contribution is 2.30. The van der Waals surface area contributed by atoms with Gasteiger partial charge in [0.25, 0.3) is 5.91 Å². The van der Waals surface area contributed by atoms with Gasteiger partial charge in [0.05, 0.1) is 33.0 Å². The summed E-state index contributed by atoms with van der Waals surface area (Å²) in [6.07, 6.45) is 0. The zero-order chi connectivity index (χ0) is 19.1. The normalized spacial score (nSPS) is 11.4. The molecule has 0 aliphatic rings. The molecule has 0 saturated heterocycles. The van der Waals surface area contributed by atoms with Crippen LogP contribution in [-0.2, 0) is 9.53 Å². The highest BCUT2D eigenvalue weighted by molar-refractivity contribution is 7.99. The molecule has 0 unspecified atom stereocenters. The first-order valence-corrected chi connectivity index (χ1v) is 8.42. The summed E-state index contributed by atoms with van der Waals surface area (Å²) < 4.78 is 14.9. The van der Waals surface area contributed by atoms with Gasteiger partial charge in [-0.15, -0.1) is 0 Å². The number of benzene rings is 1. The number of aromatic nitrogens is 2. The molecule has 0 saturated carbocycles. The quantitative estimate of drug-likeness (QED) is 0.577. The summed E-state index contributed by atoms with van der Waals surface area (Å²) in [5.41, 5.74) is 0.388. The van der Waals surface area contributed by atoms with Crippen LogP contribution in [-0.4, -0.2) is 49.2 Å². The summed E-state index contributed by atoms with van der Waals surface area (Å²) in [5.74, 6) is -0.230. The number of carbonyl (C=O) groups excluding carboxylic acids is 2. The highest BCUT2D eigenvalue weighted by atomic mass is 32.2. The van der Waals surface area contributed by atoms with Crippen LogP contribution in [0.5, 0.6) is 11.8 Å². The standard InChI is InChI=1S/C17H19N3O5S/c1-10(16(22)25-4)18-15(21)11-7-5-6-8-12(11)26-17-19-13(23-2)9-14(20-17)24-3/h5-10H,1-4H3,(H,18,21)/t10-/m1/s1. The summed E-state index contributed by atoms with van der Waals surface area (Å²) in [6, 6.07) is 7.73. The molecule has 0 radical (unpaired) electrons. The minimum Gasteiger partial charge on any atom is -0.481 e. The largest absolute Gasteiger partial charge is 0.481 e. The molecule has 9 heteroatoms. The van der Waals surface area contributed by atoms with Gasteiger partial charge in [-0.05, 0) is 30.8 Å². The van der Waals surface area contributed by atoms with Gasteiger partial charge in [-0.25, -0.2) is 4.79 Å². The van der Waals surface area contributed by atoms with Crippen molar-refractivity contribution in [2.45, 2.75) is 23.0 Å². The van der Waals surface area contributed by atoms with Gasteiger partial charge in [0, 0.05) is 4.90 Å². The molecule has 0 aliphatic heterocycles. The summed E-state index contributed by atoms with van der Waals surface area (Å²) >= 11 is 1.18. The molecule has 0 spiro atoms. The third-order valence-corrected chi connectivity index (χ3v) is 4.25. The van der Waals surface area contributed by atoms with Crippen LogP contribution >= 0.6 is 11.8 Å². The van der Waals surface area contributed by atoms with Crippen LogP contribution in [0.25, 0.3) is 0 Å². The first-order chi connectivity index (χ1) is 12.5. The van der Waals surface area contributed by atoms with E-state index in [1.807, 2.05) is 0 Å². The third-order valence-electron chi connectivity index (χ3n) is 3.31. The molecule has 138 valence electrons. The van der Waals surface area contributed by atoms with E-state index in [-0.39, 0.29) is 0 Å². The minimum absolute atomic E-state index is 0.348. The van der Waals surface area contributed by atoms with Crippen LogP contribution in [0.2, 0.25) is 0 Å². The van der Waals surface area contributed by atoms with Crippen molar-refractivity contribution in [3.63, 3.8) is 0 Å². The first-order valence-electron chi connectivity index (χ1n) is 7.61. The predicted octanol–water partition coefficient (Wildman–Crippen LogP) is 1.94. The Labute approximate surface area is 155 Å². The van der Waals surface area contributed by atoms with Crippen molar-refractivity contribution in [3.05, 3.63) is 35.9 Å². The zero-order valence-corrected chi connectivity index (χ0v) is 15.6. The number of nitrogens with one attached hydrogen (secondary N) is 1. The van der Waals surface area contributed by atoms with Gasteiger partial charge in [0.15, 0.2) is 5.16 Å². The number of esters is 1. The molecule has 2 aromatic rings. The Morgan fingerprint density at radius 3 is 2.27 bits per heavy atom. The molecule has 26 heavy (non-hydrogen) atoms. The Morgan fingerprint density at radius 2 is 1.69 bits per heavy atom. The SMILES string of the molecule is COC(=O)[C@@H](C)NC(=O)c1ccccc1Sc1nc(OC)cc(OC)n1. The van der Waals surface area contributed by atoms with Gasteiger partial charge in [-0.1, -0.05) is 12.1 Å². The predicted molar refractivity (Wildman–Crippen MR) is 94.6 cm³/mol. The fraction of sp³-hybridized carbons (Fsp3) is 0.294. The van der Waals surface area contributed by atoms with Gasteiger partial charge in [0.1, 0.15) is 6.04 Å². The van der Waals surface area contributed by atoms with Gasteiger partial charge in [-0.3, -0.25) is 4.79 Å². The molecule has 1 N–H and O–H groups in total. The van der Waals surface area contributed by atoms with E-state index in [1.165, 1.54) is 33.1 Å². The molecule has 1 amide bonds. The van der Waals surface area contributed by atoms with Crippen molar-refractivity contribution in [1.29, 1.82) is 0 Å². The molecule has 0 bridgehead atoms. The molecule has 0 fully saturated rings. The van der Waals surface area contributed by atoms with E-state index < -0.39 is 17.9 Å². The van der Waals surface area contributed by atoms with E-state index in [2.05, 4.69) is 20.0 Å². The van der Waals surface area contributed by atoms with Crippen LogP contribution in [0.4, 0.5) is 0 Å². The number of rotatable bonds is 7. The fourth-order valence-corrected chi connectivity index (χ4v) is 2.88. The van der Waals surface area contributed by atoms with E-state index in [9.17, 15) is 9.59 Å². The number of ether oxygens (including phenoxy) is 3. The Kier molecular flexibility index (Phi) is 6.79. The molecule has 1 heterocycles. The van der Waals surface area contributed by atoms with Crippen molar-refractivity contribution in [2.24, 2.45) is 0 Å². The van der Waals surface area contributed by atoms with Crippen LogP contribution in [0.1, 0.15) is 17.3 Å². The molecule has 1 aromatic heterocycles. The number of hydrogen-bond donors (Lipinski definition) is 1. The van der Waals surface area contributed by atoms with E-state index in [4.69, 9.17) is 9.47 Å². The van der Waals surface area contributed by atoms with Gasteiger partial charge >= 0.3 is 5.97 Å². The lowest BCUT2D eigenvalue weighted by atomic mass is 10.2. The second-order valence-corrected chi connectivity index (χ2v) is 6.06. The Bertz CT molecular complexity index is 777. The molecule has 8 nitrogen and oxygen atoms in total. The summed E-state index contributed by atoms with van der Waals surface area (Å²) in [5, 5.41) is 2.96. The lowest BCUT2D eigenvalue weighted by molar-refractivity contribution is -0.142. The maximum atomic E-state index is 12.5. The molecule has 1 atom stereocenters. The Hall–Kier alpha value is -2.81. The lowest BCUT2D eigenvalue weighted by Crippen LogP contribution is -2.39. The van der Waals surface area contributed by atoms with Gasteiger partial charge < -0.3 is 19.5 Å². The molecule has 0 aliphatic carbocycles. The summed E-state index contributed by atoms with van der Waals surface area (Å²) in [7, 11) is 4.25. The second kappa shape index (κ2) is 9.04. The molecular weight excluding hydrogens is 358 g/mol. The first kappa shape index (κ1) is 19.5. The van der Waals surface area contributed by atoms with Crippen molar-refractivity contribution in [3.8, 4) is 11.8 Å². The van der Waals surface area contributed by atoms with Crippen molar-refractivity contribution in [2.75, 3.05) is 21.3 Å². The van der Waals surface area contributed by atoms with Crippen molar-refractivity contribution >= 4 is 23.6 Å². The monoisotopic (exact) mass is 377 g/mol. The number of amides is 1. The van der Waals surface area contributed by atoms with E-state index in [0.29, 0.717) is 27.4 Å². The molecule has 2 rings (SSSR count). The van der Waals surface area contributed by atoms with Crippen molar-refractivity contribution < 1.29 is 23.8 Å². The third kappa shape index (κ3) is 4.85. The number of carbonyl (C=O) groups is 2. The second-order valence-electron chi connectivity index (χ2n) is 5.05. The highest BCUT2D eigenvalue weighted by Gasteiger charge is 2.20. The average molecular weight is 377 g/mol. The summed E-state index contributed by atoms with van der Waals surface area (Å²) in [4.78, 5) is 33.1. The van der Waals surface area contributed by atoms with E-state index in [0.717, 1.165) is 0 Å². The Morgan fingerprint density at radius 1 is 1.08 bits per heavy atom. The van der Waals surface area contributed by atoms with E-state index >= 15 is 0 Å². The number of nitrogens with zero attached hydrogens (tertiary/aromatic N) is 2. The van der Waals surface area contributed by atoms with Crippen LogP contribution in [0, 0.1) is 0 Å². The lowest BCUT2D eigenvalue weighted by Gasteiger charge is -2.13. The van der Waals surface area contributed by atoms with Crippen LogP contribution < -0.4 is 14.8 Å². The average Bonchev–Trinajstić information content (AvgIpc) is 2.67. The topological polar surface area (TPSA) is 99.6 Å². The fourth-order valence-electron chi connectivity index (χ4n) is 1.99. The van der Waals surface area contributed by atoms with Crippen molar-refractivity contribution in [1.82, 2.24) is 15.3 Å². The smallest absolute Gasteiger partial charge is 0.328 e. The van der Waals surface area contributed by atoms with Crippen LogP contribution in [0.3, 0.4) is 0 Å². The maximum absolute atomic E-state index is 12.5. The minimum atomic E-state index is -0.765. The maximum Gasteiger partial charge on any atom is 0.328 e. The number of hydrogen-bond acceptors (Lipinski definition) is 8. The van der Waals surface area contributed by atoms with Gasteiger partial charge in [0.2, 0.25) is 11.8 Å². The Balaban J connectivity index is 2.26. The summed E-state index contributed by atoms with van der Waals surface area (Å²) in [6.45, 7) is 1.55. The van der Waals surface area contributed by atoms with Crippen LogP contribution in [0.15, 0.2) is 40.4 Å². The van der Waals surface area contributed by atoms with E-state index in [1.54, 1.807) is 37.3 Å². The van der Waals surface area contributed by atoms with Gasteiger partial charge in [-0.2, -0.15) is 9.97 Å².